The number of amides is 1. The van der Waals surface area contributed by atoms with Gasteiger partial charge < -0.3 is 30.1 Å². The highest BCUT2D eigenvalue weighted by atomic mass is 16.5. The molecule has 12 nitrogen and oxygen atoms in total. The van der Waals surface area contributed by atoms with Gasteiger partial charge in [0.1, 0.15) is 5.82 Å². The number of rotatable bonds is 10. The third-order valence-electron chi connectivity index (χ3n) is 9.67. The van der Waals surface area contributed by atoms with Crippen molar-refractivity contribution in [2.75, 3.05) is 43.4 Å². The molecule has 234 valence electrons. The van der Waals surface area contributed by atoms with E-state index in [0.29, 0.717) is 46.7 Å². The summed E-state index contributed by atoms with van der Waals surface area (Å²) in [5, 5.41) is 21.5. The smallest absolute Gasteiger partial charge is 0.261 e. The lowest BCUT2D eigenvalue weighted by Gasteiger charge is -2.46. The first-order valence-corrected chi connectivity index (χ1v) is 15.8. The van der Waals surface area contributed by atoms with Gasteiger partial charge in [-0.25, -0.2) is 15.0 Å². The molecule has 4 aliphatic rings. The van der Waals surface area contributed by atoms with E-state index in [4.69, 9.17) is 14.5 Å². The Morgan fingerprint density at radius 1 is 1.02 bits per heavy atom. The standard InChI is InChI=1S/C33H39N9O3/c1-4-13-42-29(44)23-19-35-31(38-27(23)32(42,2)3)37-26-17-24(36-25(20-43)21-8-6-5-7-9-21)22(18-34-26)28-39-30(40-45-28)33-10-14-41(15-11-33)16-12-33/h5-9,17-19,25,43H,4,10-16,20H2,1-3H3,(H2,34,35,36,37,38)/t25-/m1/s1. The zero-order valence-electron chi connectivity index (χ0n) is 26.0. The second-order valence-corrected chi connectivity index (χ2v) is 12.8. The van der Waals surface area contributed by atoms with E-state index in [9.17, 15) is 9.90 Å². The molecule has 4 aromatic rings. The lowest BCUT2D eigenvalue weighted by atomic mass is 9.71. The van der Waals surface area contributed by atoms with Crippen LogP contribution in [0.3, 0.4) is 0 Å². The lowest BCUT2D eigenvalue weighted by Crippen LogP contribution is -2.51. The Labute approximate surface area is 262 Å². The molecule has 4 aliphatic heterocycles. The topological polar surface area (TPSA) is 145 Å². The van der Waals surface area contributed by atoms with E-state index in [1.807, 2.05) is 55.1 Å². The number of nitrogens with one attached hydrogen (secondary N) is 2. The second-order valence-electron chi connectivity index (χ2n) is 12.8. The van der Waals surface area contributed by atoms with Crippen LogP contribution < -0.4 is 10.6 Å². The molecule has 45 heavy (non-hydrogen) atoms. The van der Waals surface area contributed by atoms with E-state index in [-0.39, 0.29) is 17.9 Å². The number of aliphatic hydroxyl groups is 1. The van der Waals surface area contributed by atoms with E-state index < -0.39 is 11.6 Å². The molecule has 0 aliphatic carbocycles. The summed E-state index contributed by atoms with van der Waals surface area (Å²) in [4.78, 5) is 36.2. The molecule has 3 N–H and O–H groups in total. The molecule has 3 saturated heterocycles. The van der Waals surface area contributed by atoms with Crippen molar-refractivity contribution in [1.29, 1.82) is 0 Å². The summed E-state index contributed by atoms with van der Waals surface area (Å²) in [5.41, 5.74) is 2.82. The van der Waals surface area contributed by atoms with Crippen LogP contribution in [0.2, 0.25) is 0 Å². The molecule has 3 fully saturated rings. The molecular weight excluding hydrogens is 570 g/mol. The van der Waals surface area contributed by atoms with Crippen molar-refractivity contribution < 1.29 is 14.4 Å². The Morgan fingerprint density at radius 2 is 1.76 bits per heavy atom. The van der Waals surface area contributed by atoms with Crippen LogP contribution in [0.25, 0.3) is 11.5 Å². The molecule has 0 unspecified atom stereocenters. The Kier molecular flexibility index (Phi) is 7.49. The monoisotopic (exact) mass is 609 g/mol. The van der Waals surface area contributed by atoms with Crippen molar-refractivity contribution in [1.82, 2.24) is 34.9 Å². The molecule has 2 bridgehead atoms. The fourth-order valence-corrected chi connectivity index (χ4v) is 6.94. The summed E-state index contributed by atoms with van der Waals surface area (Å²) in [5.74, 6) is 1.90. The summed E-state index contributed by atoms with van der Waals surface area (Å²) < 4.78 is 5.88. The van der Waals surface area contributed by atoms with Gasteiger partial charge in [-0.3, -0.25) is 4.79 Å². The van der Waals surface area contributed by atoms with Crippen molar-refractivity contribution in [2.24, 2.45) is 0 Å². The van der Waals surface area contributed by atoms with Gasteiger partial charge in [0.2, 0.25) is 5.95 Å². The summed E-state index contributed by atoms with van der Waals surface area (Å²) in [6.07, 6.45) is 7.21. The van der Waals surface area contributed by atoms with E-state index >= 15 is 0 Å². The van der Waals surface area contributed by atoms with Crippen molar-refractivity contribution in [3.63, 3.8) is 0 Å². The number of benzene rings is 1. The van der Waals surface area contributed by atoms with Gasteiger partial charge in [-0.1, -0.05) is 42.4 Å². The van der Waals surface area contributed by atoms with Gasteiger partial charge in [0.25, 0.3) is 11.8 Å². The van der Waals surface area contributed by atoms with Crippen LogP contribution in [0.5, 0.6) is 0 Å². The third-order valence-corrected chi connectivity index (χ3v) is 9.67. The number of carbonyl (C=O) groups is 1. The Morgan fingerprint density at radius 3 is 2.47 bits per heavy atom. The molecule has 3 aromatic heterocycles. The summed E-state index contributed by atoms with van der Waals surface area (Å²) in [6, 6.07) is 11.2. The van der Waals surface area contributed by atoms with Crippen LogP contribution in [0.1, 0.15) is 79.9 Å². The molecule has 1 amide bonds. The summed E-state index contributed by atoms with van der Waals surface area (Å²) in [7, 11) is 0. The highest BCUT2D eigenvalue weighted by Crippen LogP contribution is 2.43. The van der Waals surface area contributed by atoms with E-state index in [1.54, 1.807) is 12.4 Å². The minimum Gasteiger partial charge on any atom is -0.394 e. The molecule has 7 heterocycles. The minimum atomic E-state index is -0.556. The molecule has 12 heteroatoms. The quantitative estimate of drug-likeness (QED) is 0.231. The van der Waals surface area contributed by atoms with Gasteiger partial charge in [0, 0.05) is 30.4 Å². The number of hydrogen-bond acceptors (Lipinski definition) is 11. The number of carbonyl (C=O) groups excluding carboxylic acids is 1. The fourth-order valence-electron chi connectivity index (χ4n) is 6.94. The van der Waals surface area contributed by atoms with Crippen molar-refractivity contribution in [3.8, 4) is 11.5 Å². The zero-order valence-corrected chi connectivity index (χ0v) is 26.0. The van der Waals surface area contributed by atoms with Crippen molar-refractivity contribution >= 4 is 23.4 Å². The Balaban J connectivity index is 1.22. The first-order valence-electron chi connectivity index (χ1n) is 15.8. The molecule has 1 aromatic carbocycles. The van der Waals surface area contributed by atoms with Crippen LogP contribution in [-0.2, 0) is 11.0 Å². The molecule has 0 radical (unpaired) electrons. The molecule has 8 rings (SSSR count). The largest absolute Gasteiger partial charge is 0.394 e. The van der Waals surface area contributed by atoms with Crippen LogP contribution in [0.4, 0.5) is 17.5 Å². The average Bonchev–Trinajstić information content (AvgIpc) is 3.64. The third kappa shape index (κ3) is 5.21. The number of aliphatic hydroxyl groups excluding tert-OH is 1. The van der Waals surface area contributed by atoms with Crippen molar-refractivity contribution in [2.45, 2.75) is 63.5 Å². The molecule has 0 spiro atoms. The van der Waals surface area contributed by atoms with Gasteiger partial charge in [0.05, 0.1) is 40.7 Å². The average molecular weight is 610 g/mol. The van der Waals surface area contributed by atoms with Gasteiger partial charge in [-0.15, -0.1) is 0 Å². The number of pyridine rings is 1. The molecular formula is C33H39N9O3. The first kappa shape index (κ1) is 29.3. The minimum absolute atomic E-state index is 0.0504. The van der Waals surface area contributed by atoms with E-state index in [1.165, 1.54) is 0 Å². The highest BCUT2D eigenvalue weighted by molar-refractivity contribution is 5.99. The number of aromatic nitrogens is 5. The lowest BCUT2D eigenvalue weighted by molar-refractivity contribution is 0.0615. The predicted octanol–water partition coefficient (Wildman–Crippen LogP) is 4.65. The highest BCUT2D eigenvalue weighted by Gasteiger charge is 2.45. The summed E-state index contributed by atoms with van der Waals surface area (Å²) in [6.45, 7) is 9.75. The van der Waals surface area contributed by atoms with Gasteiger partial charge in [-0.05, 0) is 64.7 Å². The number of anilines is 3. The Hall–Kier alpha value is -4.42. The number of piperidine rings is 3. The number of nitrogens with zero attached hydrogens (tertiary/aromatic N) is 7. The molecule has 0 saturated carbocycles. The fraction of sp³-hybridized carbons (Fsp3) is 0.455. The maximum atomic E-state index is 13.0. The SMILES string of the molecule is CCCN1C(=O)c2cnc(Nc3cc(N[C@H](CO)c4ccccc4)c(-c4nc(C56CCN(CC5)CC6)no4)cn3)nc2C1(C)C. The number of fused-ring (bicyclic) bond motifs is 4. The first-order chi connectivity index (χ1) is 21.8. The van der Waals surface area contributed by atoms with Gasteiger partial charge in [-0.2, -0.15) is 4.98 Å². The van der Waals surface area contributed by atoms with Gasteiger partial charge >= 0.3 is 0 Å². The maximum Gasteiger partial charge on any atom is 0.261 e. The zero-order chi connectivity index (χ0) is 31.2. The summed E-state index contributed by atoms with van der Waals surface area (Å²) >= 11 is 0. The van der Waals surface area contributed by atoms with Crippen LogP contribution in [-0.4, -0.2) is 78.7 Å². The van der Waals surface area contributed by atoms with Crippen molar-refractivity contribution in [3.05, 3.63) is 71.4 Å². The molecule has 1 atom stereocenters. The van der Waals surface area contributed by atoms with Crippen LogP contribution >= 0.6 is 0 Å². The van der Waals surface area contributed by atoms with Crippen LogP contribution in [0.15, 0.2) is 53.3 Å². The second kappa shape index (κ2) is 11.5. The predicted molar refractivity (Wildman–Crippen MR) is 169 cm³/mol. The van der Waals surface area contributed by atoms with Gasteiger partial charge in [0.15, 0.2) is 5.82 Å². The Bertz CT molecular complexity index is 1680. The number of hydrogen-bond donors (Lipinski definition) is 3. The van der Waals surface area contributed by atoms with E-state index in [2.05, 4.69) is 37.6 Å². The maximum absolute atomic E-state index is 13.0. The normalized spacial score (nSPS) is 22.4. The van der Waals surface area contributed by atoms with Crippen LogP contribution in [0, 0.1) is 0 Å². The van der Waals surface area contributed by atoms with E-state index in [0.717, 1.165) is 56.7 Å².